The first-order chi connectivity index (χ1) is 9.95. The van der Waals surface area contributed by atoms with E-state index in [0.29, 0.717) is 15.7 Å². The minimum absolute atomic E-state index is 0.0423. The summed E-state index contributed by atoms with van der Waals surface area (Å²) >= 11 is 11.6. The number of nitrogens with one attached hydrogen (secondary N) is 2. The second kappa shape index (κ2) is 6.74. The molecule has 2 aromatic carbocycles. The van der Waals surface area contributed by atoms with Crippen molar-refractivity contribution < 1.29 is 13.6 Å². The first-order valence-corrected chi connectivity index (χ1v) is 6.65. The third-order valence-electron chi connectivity index (χ3n) is 2.57. The van der Waals surface area contributed by atoms with E-state index in [0.717, 1.165) is 12.1 Å². The molecule has 2 N–H and O–H groups in total. The van der Waals surface area contributed by atoms with E-state index in [9.17, 15) is 13.6 Å². The summed E-state index contributed by atoms with van der Waals surface area (Å²) in [7, 11) is 0. The van der Waals surface area contributed by atoms with Gasteiger partial charge in [0.25, 0.3) is 0 Å². The Balaban J connectivity index is 1.94. The molecule has 3 nitrogen and oxygen atoms in total. The van der Waals surface area contributed by atoms with Crippen LogP contribution in [0.15, 0.2) is 36.4 Å². The normalized spacial score (nSPS) is 10.3. The molecule has 0 saturated carbocycles. The lowest BCUT2D eigenvalue weighted by Crippen LogP contribution is -2.22. The van der Waals surface area contributed by atoms with E-state index in [-0.39, 0.29) is 12.2 Å². The summed E-state index contributed by atoms with van der Waals surface area (Å²) in [6, 6.07) is 7.69. The first-order valence-electron chi connectivity index (χ1n) is 5.89. The van der Waals surface area contributed by atoms with Gasteiger partial charge in [-0.25, -0.2) is 8.78 Å². The quantitative estimate of drug-likeness (QED) is 0.876. The maximum absolute atomic E-state index is 13.4. The van der Waals surface area contributed by atoms with Crippen LogP contribution in [-0.4, -0.2) is 12.5 Å². The average molecular weight is 331 g/mol. The molecule has 0 aromatic heterocycles. The Morgan fingerprint density at radius 2 is 1.81 bits per heavy atom. The Kier molecular flexibility index (Phi) is 4.98. The molecule has 0 spiro atoms. The summed E-state index contributed by atoms with van der Waals surface area (Å²) in [6.45, 7) is -0.178. The van der Waals surface area contributed by atoms with Crippen LogP contribution < -0.4 is 10.6 Å². The predicted molar refractivity (Wildman–Crippen MR) is 79.9 cm³/mol. The maximum Gasteiger partial charge on any atom is 0.243 e. The van der Waals surface area contributed by atoms with Gasteiger partial charge < -0.3 is 10.6 Å². The summed E-state index contributed by atoms with van der Waals surface area (Å²) in [5, 5.41) is 5.83. The van der Waals surface area contributed by atoms with E-state index in [4.69, 9.17) is 23.2 Å². The van der Waals surface area contributed by atoms with Crippen molar-refractivity contribution in [1.82, 2.24) is 0 Å². The van der Waals surface area contributed by atoms with Crippen molar-refractivity contribution in [2.24, 2.45) is 0 Å². The number of hydrogen-bond donors (Lipinski definition) is 2. The van der Waals surface area contributed by atoms with Crippen molar-refractivity contribution in [2.45, 2.75) is 0 Å². The van der Waals surface area contributed by atoms with Crippen molar-refractivity contribution in [3.05, 3.63) is 58.1 Å². The highest BCUT2D eigenvalue weighted by Gasteiger charge is 2.07. The van der Waals surface area contributed by atoms with Gasteiger partial charge in [0, 0.05) is 11.8 Å². The molecule has 21 heavy (non-hydrogen) atoms. The fourth-order valence-corrected chi connectivity index (χ4v) is 1.89. The van der Waals surface area contributed by atoms with E-state index < -0.39 is 17.5 Å². The van der Waals surface area contributed by atoms with Gasteiger partial charge in [-0.1, -0.05) is 23.2 Å². The summed E-state index contributed by atoms with van der Waals surface area (Å²) in [4.78, 5) is 11.7. The Morgan fingerprint density at radius 1 is 1.05 bits per heavy atom. The van der Waals surface area contributed by atoms with Gasteiger partial charge in [0.1, 0.15) is 11.6 Å². The van der Waals surface area contributed by atoms with Gasteiger partial charge in [0.05, 0.1) is 22.3 Å². The summed E-state index contributed by atoms with van der Waals surface area (Å²) < 4.78 is 26.1. The predicted octanol–water partition coefficient (Wildman–Crippen LogP) is 4.32. The molecule has 0 aliphatic carbocycles. The zero-order chi connectivity index (χ0) is 15.4. The van der Waals surface area contributed by atoms with Gasteiger partial charge in [0.2, 0.25) is 5.91 Å². The van der Waals surface area contributed by atoms with Gasteiger partial charge in [-0.05, 0) is 30.3 Å². The van der Waals surface area contributed by atoms with Gasteiger partial charge in [-0.2, -0.15) is 0 Å². The molecular formula is C14H10Cl2F2N2O. The molecule has 0 radical (unpaired) electrons. The van der Waals surface area contributed by atoms with Crippen LogP contribution >= 0.6 is 23.2 Å². The van der Waals surface area contributed by atoms with Crippen LogP contribution in [0.5, 0.6) is 0 Å². The highest BCUT2D eigenvalue weighted by molar-refractivity contribution is 6.42. The summed E-state index contributed by atoms with van der Waals surface area (Å²) in [5.74, 6) is -1.85. The number of carbonyl (C=O) groups excluding carboxylic acids is 1. The molecule has 0 heterocycles. The third-order valence-corrected chi connectivity index (χ3v) is 3.31. The number of hydrogen-bond acceptors (Lipinski definition) is 2. The van der Waals surface area contributed by atoms with E-state index in [1.54, 1.807) is 12.1 Å². The number of amides is 1. The van der Waals surface area contributed by atoms with Crippen LogP contribution in [0.1, 0.15) is 0 Å². The minimum atomic E-state index is -0.766. The molecule has 0 saturated heterocycles. The van der Waals surface area contributed by atoms with E-state index in [2.05, 4.69) is 10.6 Å². The fraction of sp³-hybridized carbons (Fsp3) is 0.0714. The molecule has 0 aliphatic rings. The zero-order valence-corrected chi connectivity index (χ0v) is 12.1. The maximum atomic E-state index is 13.4. The largest absolute Gasteiger partial charge is 0.374 e. The third kappa shape index (κ3) is 4.31. The number of anilines is 2. The highest BCUT2D eigenvalue weighted by Crippen LogP contribution is 2.25. The van der Waals surface area contributed by atoms with Crippen molar-refractivity contribution in [2.75, 3.05) is 17.2 Å². The van der Waals surface area contributed by atoms with Gasteiger partial charge in [-0.15, -0.1) is 0 Å². The lowest BCUT2D eigenvalue weighted by molar-refractivity contribution is -0.114. The van der Waals surface area contributed by atoms with Crippen molar-refractivity contribution in [1.29, 1.82) is 0 Å². The highest BCUT2D eigenvalue weighted by atomic mass is 35.5. The minimum Gasteiger partial charge on any atom is -0.374 e. The molecule has 0 bridgehead atoms. The fourth-order valence-electron chi connectivity index (χ4n) is 1.59. The molecule has 7 heteroatoms. The molecule has 110 valence electrons. The molecule has 2 aromatic rings. The van der Waals surface area contributed by atoms with Crippen LogP contribution in [0.2, 0.25) is 10.0 Å². The van der Waals surface area contributed by atoms with Gasteiger partial charge >= 0.3 is 0 Å². The first kappa shape index (κ1) is 15.5. The molecule has 2 rings (SSSR count). The number of carbonyl (C=O) groups is 1. The topological polar surface area (TPSA) is 41.1 Å². The number of benzene rings is 2. The van der Waals surface area contributed by atoms with Crippen molar-refractivity contribution in [3.63, 3.8) is 0 Å². The Bertz CT molecular complexity index is 680. The lowest BCUT2D eigenvalue weighted by atomic mass is 10.3. The lowest BCUT2D eigenvalue weighted by Gasteiger charge is -2.09. The summed E-state index contributed by atoms with van der Waals surface area (Å²) in [5.41, 5.74) is 0.511. The molecular weight excluding hydrogens is 321 g/mol. The molecule has 1 amide bonds. The smallest absolute Gasteiger partial charge is 0.243 e. The van der Waals surface area contributed by atoms with Gasteiger partial charge in [0.15, 0.2) is 0 Å². The van der Waals surface area contributed by atoms with Crippen molar-refractivity contribution >= 4 is 40.5 Å². The Morgan fingerprint density at radius 3 is 2.48 bits per heavy atom. The van der Waals surface area contributed by atoms with Crippen LogP contribution in [0.3, 0.4) is 0 Å². The molecule has 0 unspecified atom stereocenters. The van der Waals surface area contributed by atoms with Crippen LogP contribution in [-0.2, 0) is 4.79 Å². The SMILES string of the molecule is O=C(CNc1ccc(F)cc1F)Nc1ccc(Cl)c(Cl)c1. The van der Waals surface area contributed by atoms with Gasteiger partial charge in [-0.3, -0.25) is 4.79 Å². The second-order valence-electron chi connectivity index (χ2n) is 4.15. The zero-order valence-electron chi connectivity index (χ0n) is 10.6. The average Bonchev–Trinajstić information content (AvgIpc) is 2.42. The molecule has 0 fully saturated rings. The van der Waals surface area contributed by atoms with E-state index in [1.165, 1.54) is 12.1 Å². The molecule has 0 aliphatic heterocycles. The number of rotatable bonds is 4. The van der Waals surface area contributed by atoms with Crippen LogP contribution in [0, 0.1) is 11.6 Å². The van der Waals surface area contributed by atoms with Crippen molar-refractivity contribution in [3.8, 4) is 0 Å². The van der Waals surface area contributed by atoms with Crippen LogP contribution in [0.25, 0.3) is 0 Å². The van der Waals surface area contributed by atoms with E-state index >= 15 is 0 Å². The Labute approximate surface area is 129 Å². The second-order valence-corrected chi connectivity index (χ2v) is 4.97. The van der Waals surface area contributed by atoms with Crippen LogP contribution in [0.4, 0.5) is 20.2 Å². The molecule has 0 atom stereocenters. The van der Waals surface area contributed by atoms with E-state index in [1.807, 2.05) is 0 Å². The number of halogens is 4. The Hall–Kier alpha value is -1.85. The monoisotopic (exact) mass is 330 g/mol. The summed E-state index contributed by atoms with van der Waals surface area (Å²) in [6.07, 6.45) is 0. The standard InChI is InChI=1S/C14H10Cl2F2N2O/c15-10-3-2-9(6-11(10)16)20-14(21)7-19-13-4-1-8(17)5-12(13)18/h1-6,19H,7H2,(H,20,21).